The molecule has 3 amide bonds. The first-order valence-electron chi connectivity index (χ1n) is 11.5. The topological polar surface area (TPSA) is 131 Å². The van der Waals surface area contributed by atoms with Gasteiger partial charge >= 0.3 is 24.2 Å². The Morgan fingerprint density at radius 3 is 1.75 bits per heavy atom. The van der Waals surface area contributed by atoms with Crippen molar-refractivity contribution in [3.05, 3.63) is 71.8 Å². The molecule has 2 rings (SSSR count). The van der Waals surface area contributed by atoms with E-state index in [1.165, 1.54) is 0 Å². The Kier molecular flexibility index (Phi) is 10.7. The second-order valence-corrected chi connectivity index (χ2v) is 8.88. The number of carboxylic acids is 1. The third kappa shape index (κ3) is 10.0. The number of carbonyl (C=O) groups excluding carboxylic acids is 3. The summed E-state index contributed by atoms with van der Waals surface area (Å²) < 4.78 is 15.6. The average Bonchev–Trinajstić information content (AvgIpc) is 2.83. The van der Waals surface area contributed by atoms with Gasteiger partial charge in [0.1, 0.15) is 24.9 Å². The molecule has 0 heterocycles. The first-order valence-corrected chi connectivity index (χ1v) is 11.5. The van der Waals surface area contributed by atoms with Crippen molar-refractivity contribution in [1.82, 2.24) is 10.2 Å². The van der Waals surface area contributed by atoms with E-state index >= 15 is 0 Å². The van der Waals surface area contributed by atoms with E-state index in [0.717, 1.165) is 0 Å². The zero-order valence-electron chi connectivity index (χ0n) is 20.6. The lowest BCUT2D eigenvalue weighted by molar-refractivity contribution is -0.142. The molecule has 0 saturated heterocycles. The Bertz CT molecular complexity index is 950. The summed E-state index contributed by atoms with van der Waals surface area (Å²) in [6.07, 6.45) is -2.96. The molecule has 0 aliphatic carbocycles. The normalized spacial score (nSPS) is 11.6. The summed E-state index contributed by atoms with van der Waals surface area (Å²) in [5, 5.41) is 12.3. The molecule has 0 saturated carbocycles. The summed E-state index contributed by atoms with van der Waals surface area (Å²) in [4.78, 5) is 50.0. The number of hydrogen-bond donors (Lipinski definition) is 2. The van der Waals surface area contributed by atoms with E-state index in [1.807, 2.05) is 0 Å². The van der Waals surface area contributed by atoms with Crippen molar-refractivity contribution in [2.45, 2.75) is 58.5 Å². The van der Waals surface area contributed by atoms with Crippen LogP contribution in [0, 0.1) is 0 Å². The fourth-order valence-electron chi connectivity index (χ4n) is 3.07. The van der Waals surface area contributed by atoms with Crippen molar-refractivity contribution < 1.29 is 38.5 Å². The SMILES string of the molecule is CC(C)(C)OC(=O)NCCC[C@@H](C(=O)O)N(C(=O)OCc1ccccc1)C(=O)OCc1ccccc1. The number of alkyl carbamates (subject to hydrolysis) is 1. The molecule has 36 heavy (non-hydrogen) atoms. The number of benzene rings is 2. The molecule has 0 unspecified atom stereocenters. The number of carbonyl (C=O) groups is 4. The van der Waals surface area contributed by atoms with Crippen LogP contribution in [0.2, 0.25) is 0 Å². The highest BCUT2D eigenvalue weighted by Crippen LogP contribution is 2.15. The van der Waals surface area contributed by atoms with Gasteiger partial charge in [-0.05, 0) is 44.7 Å². The smallest absolute Gasteiger partial charge is 0.420 e. The van der Waals surface area contributed by atoms with Crippen LogP contribution in [0.3, 0.4) is 0 Å². The Morgan fingerprint density at radius 1 is 0.861 bits per heavy atom. The molecule has 2 N–H and O–H groups in total. The van der Waals surface area contributed by atoms with Crippen molar-refractivity contribution >= 4 is 24.2 Å². The van der Waals surface area contributed by atoms with Crippen LogP contribution in [0.1, 0.15) is 44.7 Å². The highest BCUT2D eigenvalue weighted by Gasteiger charge is 2.37. The van der Waals surface area contributed by atoms with Crippen LogP contribution in [0.25, 0.3) is 0 Å². The van der Waals surface area contributed by atoms with Gasteiger partial charge in [0.25, 0.3) is 0 Å². The van der Waals surface area contributed by atoms with Gasteiger partial charge in [0, 0.05) is 6.54 Å². The number of aliphatic carboxylic acids is 1. The lowest BCUT2D eigenvalue weighted by atomic mass is 10.1. The summed E-state index contributed by atoms with van der Waals surface area (Å²) in [6, 6.07) is 15.9. The van der Waals surface area contributed by atoms with E-state index < -0.39 is 35.9 Å². The molecule has 0 aliphatic rings. The maximum atomic E-state index is 12.9. The molecule has 1 atom stereocenters. The maximum absolute atomic E-state index is 12.9. The second kappa shape index (κ2) is 13.7. The van der Waals surface area contributed by atoms with Gasteiger partial charge in [0.05, 0.1) is 0 Å². The summed E-state index contributed by atoms with van der Waals surface area (Å²) in [5.74, 6) is -1.42. The first-order chi connectivity index (χ1) is 17.1. The molecule has 10 nitrogen and oxygen atoms in total. The molecular weight excluding hydrogens is 468 g/mol. The predicted octanol–water partition coefficient (Wildman–Crippen LogP) is 4.72. The number of ether oxygens (including phenoxy) is 3. The van der Waals surface area contributed by atoms with Gasteiger partial charge in [-0.25, -0.2) is 19.2 Å². The number of hydrogen-bond acceptors (Lipinski definition) is 7. The summed E-state index contributed by atoms with van der Waals surface area (Å²) in [7, 11) is 0. The molecule has 0 aromatic heterocycles. The van der Waals surface area contributed by atoms with Gasteiger partial charge < -0.3 is 24.6 Å². The average molecular weight is 501 g/mol. The van der Waals surface area contributed by atoms with E-state index in [9.17, 15) is 24.3 Å². The highest BCUT2D eigenvalue weighted by atomic mass is 16.6. The van der Waals surface area contributed by atoms with E-state index in [-0.39, 0.29) is 32.6 Å². The van der Waals surface area contributed by atoms with Gasteiger partial charge in [-0.1, -0.05) is 60.7 Å². The fourth-order valence-corrected chi connectivity index (χ4v) is 3.07. The lowest BCUT2D eigenvalue weighted by Crippen LogP contribution is -2.49. The Labute approximate surface area is 210 Å². The molecule has 194 valence electrons. The van der Waals surface area contributed by atoms with Crippen LogP contribution >= 0.6 is 0 Å². The molecule has 2 aromatic rings. The minimum atomic E-state index is -1.57. The summed E-state index contributed by atoms with van der Waals surface area (Å²) >= 11 is 0. The number of imide groups is 1. The van der Waals surface area contributed by atoms with Crippen molar-refractivity contribution in [3.63, 3.8) is 0 Å². The number of amides is 3. The Balaban J connectivity index is 2.08. The van der Waals surface area contributed by atoms with E-state index in [2.05, 4.69) is 5.32 Å². The fraction of sp³-hybridized carbons (Fsp3) is 0.385. The Hall–Kier alpha value is -4.08. The van der Waals surface area contributed by atoms with Crippen molar-refractivity contribution in [2.75, 3.05) is 6.54 Å². The molecule has 2 aromatic carbocycles. The number of nitrogens with zero attached hydrogens (tertiary/aromatic N) is 1. The van der Waals surface area contributed by atoms with Crippen molar-refractivity contribution in [2.24, 2.45) is 0 Å². The molecule has 0 spiro atoms. The third-order valence-electron chi connectivity index (χ3n) is 4.72. The largest absolute Gasteiger partial charge is 0.480 e. The van der Waals surface area contributed by atoms with Crippen molar-refractivity contribution in [1.29, 1.82) is 0 Å². The first kappa shape index (κ1) is 28.2. The van der Waals surface area contributed by atoms with Gasteiger partial charge in [-0.2, -0.15) is 4.90 Å². The molecule has 0 fully saturated rings. The maximum Gasteiger partial charge on any atom is 0.420 e. The monoisotopic (exact) mass is 500 g/mol. The molecular formula is C26H32N2O8. The third-order valence-corrected chi connectivity index (χ3v) is 4.72. The molecule has 0 aliphatic heterocycles. The van der Waals surface area contributed by atoms with Gasteiger partial charge in [0.15, 0.2) is 0 Å². The molecule has 0 bridgehead atoms. The van der Waals surface area contributed by atoms with Crippen LogP contribution < -0.4 is 5.32 Å². The quantitative estimate of drug-likeness (QED) is 0.354. The minimum absolute atomic E-state index is 0.0741. The molecule has 10 heteroatoms. The summed E-state index contributed by atoms with van der Waals surface area (Å²) in [5.41, 5.74) is 0.643. The van der Waals surface area contributed by atoms with Gasteiger partial charge in [0.2, 0.25) is 0 Å². The number of rotatable bonds is 10. The Morgan fingerprint density at radius 2 is 1.33 bits per heavy atom. The van der Waals surface area contributed by atoms with E-state index in [0.29, 0.717) is 16.0 Å². The number of carboxylic acid groups (broad SMARTS) is 1. The second-order valence-electron chi connectivity index (χ2n) is 8.88. The number of nitrogens with one attached hydrogen (secondary N) is 1. The van der Waals surface area contributed by atoms with Crippen LogP contribution in [0.4, 0.5) is 14.4 Å². The zero-order valence-corrected chi connectivity index (χ0v) is 20.6. The standard InChI is InChI=1S/C26H32N2O8/c1-26(2,3)36-23(31)27-16-10-15-21(22(29)30)28(24(32)34-17-19-11-6-4-7-12-19)25(33)35-18-20-13-8-5-9-14-20/h4-9,11-14,21H,10,15-18H2,1-3H3,(H,27,31)(H,29,30)/t21-/m0/s1. The van der Waals surface area contributed by atoms with Crippen molar-refractivity contribution in [3.8, 4) is 0 Å². The van der Waals surface area contributed by atoms with Crippen LogP contribution in [0.5, 0.6) is 0 Å². The predicted molar refractivity (Wildman–Crippen MR) is 130 cm³/mol. The van der Waals surface area contributed by atoms with Crippen LogP contribution in [-0.4, -0.2) is 52.4 Å². The lowest BCUT2D eigenvalue weighted by Gasteiger charge is -2.26. The molecule has 0 radical (unpaired) electrons. The van der Waals surface area contributed by atoms with E-state index in [4.69, 9.17) is 14.2 Å². The van der Waals surface area contributed by atoms with Crippen LogP contribution in [-0.2, 0) is 32.2 Å². The minimum Gasteiger partial charge on any atom is -0.480 e. The van der Waals surface area contributed by atoms with Gasteiger partial charge in [-0.15, -0.1) is 0 Å². The highest BCUT2D eigenvalue weighted by molar-refractivity contribution is 5.93. The summed E-state index contributed by atoms with van der Waals surface area (Å²) in [6.45, 7) is 4.90. The van der Waals surface area contributed by atoms with Gasteiger partial charge in [-0.3, -0.25) is 0 Å². The van der Waals surface area contributed by atoms with E-state index in [1.54, 1.807) is 81.4 Å². The van der Waals surface area contributed by atoms with Crippen LogP contribution in [0.15, 0.2) is 60.7 Å². The zero-order chi connectivity index (χ0) is 26.6.